The van der Waals surface area contributed by atoms with Crippen LogP contribution in [0.25, 0.3) is 0 Å². The van der Waals surface area contributed by atoms with Gasteiger partial charge in [-0.15, -0.1) is 10.2 Å². The molecule has 2 heterocycles. The molecule has 0 unspecified atom stereocenters. The van der Waals surface area contributed by atoms with Crippen molar-refractivity contribution in [3.63, 3.8) is 0 Å². The van der Waals surface area contributed by atoms with Gasteiger partial charge in [0.05, 0.1) is 12.3 Å². The minimum atomic E-state index is -0.249. The molecule has 0 atom stereocenters. The van der Waals surface area contributed by atoms with Gasteiger partial charge in [0.2, 0.25) is 12.7 Å². The van der Waals surface area contributed by atoms with E-state index in [4.69, 9.17) is 9.47 Å². The maximum Gasteiger partial charge on any atom is 0.251 e. The van der Waals surface area contributed by atoms with Gasteiger partial charge < -0.3 is 24.7 Å². The number of amides is 2. The normalized spacial score (nSPS) is 12.1. The molecule has 34 heavy (non-hydrogen) atoms. The molecule has 0 spiro atoms. The molecule has 1 aliphatic rings. The minimum absolute atomic E-state index is 0.120. The maximum atomic E-state index is 12.5. The predicted molar refractivity (Wildman–Crippen MR) is 129 cm³/mol. The maximum absolute atomic E-state index is 12.5. The first kappa shape index (κ1) is 23.6. The van der Waals surface area contributed by atoms with Crippen LogP contribution in [0.15, 0.2) is 47.6 Å². The molecule has 1 aromatic heterocycles. The fourth-order valence-corrected chi connectivity index (χ4v) is 4.27. The summed E-state index contributed by atoms with van der Waals surface area (Å²) in [5, 5.41) is 14.8. The van der Waals surface area contributed by atoms with E-state index in [-0.39, 0.29) is 30.9 Å². The van der Waals surface area contributed by atoms with Gasteiger partial charge in [0, 0.05) is 17.8 Å². The highest BCUT2D eigenvalue weighted by Gasteiger charge is 2.18. The molecule has 2 amide bonds. The van der Waals surface area contributed by atoms with E-state index in [1.54, 1.807) is 18.2 Å². The average molecular weight is 482 g/mol. The number of fused-ring (bicyclic) bond motifs is 1. The molecule has 10 heteroatoms. The quantitative estimate of drug-likeness (QED) is 0.448. The number of hydrogen-bond donors (Lipinski definition) is 2. The SMILES string of the molecule is CCn1c(CNC(=O)c2ccc3c(c2)OCO3)nnc1SCC(=O)Nc1ccc(C(C)C)cc1. The molecule has 3 aromatic rings. The van der Waals surface area contributed by atoms with Crippen LogP contribution in [0.1, 0.15) is 48.4 Å². The Morgan fingerprint density at radius 3 is 2.59 bits per heavy atom. The molecular weight excluding hydrogens is 454 g/mol. The third-order valence-electron chi connectivity index (χ3n) is 5.34. The van der Waals surface area contributed by atoms with Crippen LogP contribution in [0.2, 0.25) is 0 Å². The molecule has 4 rings (SSSR count). The van der Waals surface area contributed by atoms with Crippen molar-refractivity contribution in [2.24, 2.45) is 0 Å². The summed E-state index contributed by atoms with van der Waals surface area (Å²) in [4.78, 5) is 24.9. The van der Waals surface area contributed by atoms with Gasteiger partial charge in [-0.05, 0) is 48.7 Å². The standard InChI is InChI=1S/C24H27N5O4S/c1-4-29-21(12-25-23(31)17-7-10-19-20(11-17)33-14-32-19)27-28-24(29)34-13-22(30)26-18-8-5-16(6-9-18)15(2)3/h5-11,15H,4,12-14H2,1-3H3,(H,25,31)(H,26,30). The van der Waals surface area contributed by atoms with Gasteiger partial charge in [-0.2, -0.15) is 0 Å². The van der Waals surface area contributed by atoms with Crippen LogP contribution in [0.3, 0.4) is 0 Å². The Labute approximate surface area is 202 Å². The number of ether oxygens (including phenoxy) is 2. The number of anilines is 1. The summed E-state index contributed by atoms with van der Waals surface area (Å²) in [6.45, 7) is 7.21. The average Bonchev–Trinajstić information content (AvgIpc) is 3.47. The van der Waals surface area contributed by atoms with Crippen molar-refractivity contribution in [3.05, 3.63) is 59.4 Å². The van der Waals surface area contributed by atoms with E-state index in [1.807, 2.05) is 35.8 Å². The number of nitrogens with zero attached hydrogens (tertiary/aromatic N) is 3. The van der Waals surface area contributed by atoms with E-state index in [0.717, 1.165) is 5.69 Å². The summed E-state index contributed by atoms with van der Waals surface area (Å²) in [5.41, 5.74) is 2.46. The predicted octanol–water partition coefficient (Wildman–Crippen LogP) is 3.81. The second-order valence-corrected chi connectivity index (χ2v) is 8.95. The van der Waals surface area contributed by atoms with Crippen LogP contribution in [-0.4, -0.2) is 39.1 Å². The molecule has 1 aliphatic heterocycles. The van der Waals surface area contributed by atoms with Crippen LogP contribution in [0.4, 0.5) is 5.69 Å². The summed E-state index contributed by atoms with van der Waals surface area (Å²) in [5.74, 6) is 2.07. The van der Waals surface area contributed by atoms with Gasteiger partial charge in [0.1, 0.15) is 0 Å². The Balaban J connectivity index is 1.31. The zero-order valence-corrected chi connectivity index (χ0v) is 20.1. The van der Waals surface area contributed by atoms with Crippen molar-refractivity contribution in [1.29, 1.82) is 0 Å². The molecule has 0 fully saturated rings. The third kappa shape index (κ3) is 5.51. The van der Waals surface area contributed by atoms with Gasteiger partial charge in [-0.3, -0.25) is 9.59 Å². The van der Waals surface area contributed by atoms with Gasteiger partial charge in [0.15, 0.2) is 22.5 Å². The number of hydrogen-bond acceptors (Lipinski definition) is 7. The number of thioether (sulfide) groups is 1. The van der Waals surface area contributed by atoms with Crippen molar-refractivity contribution in [3.8, 4) is 11.5 Å². The Kier molecular flexibility index (Phi) is 7.36. The van der Waals surface area contributed by atoms with Gasteiger partial charge in [-0.1, -0.05) is 37.7 Å². The molecule has 178 valence electrons. The van der Waals surface area contributed by atoms with Crippen LogP contribution < -0.4 is 20.1 Å². The van der Waals surface area contributed by atoms with Crippen molar-refractivity contribution in [2.75, 3.05) is 17.9 Å². The molecule has 2 N–H and O–H groups in total. The summed E-state index contributed by atoms with van der Waals surface area (Å²) in [6.07, 6.45) is 0. The highest BCUT2D eigenvalue weighted by Crippen LogP contribution is 2.32. The fraction of sp³-hybridized carbons (Fsp3) is 0.333. The second-order valence-electron chi connectivity index (χ2n) is 8.01. The molecule has 0 aliphatic carbocycles. The van der Waals surface area contributed by atoms with E-state index >= 15 is 0 Å². The number of carbonyl (C=O) groups is 2. The first-order valence-electron chi connectivity index (χ1n) is 11.1. The van der Waals surface area contributed by atoms with Crippen LogP contribution in [0.5, 0.6) is 11.5 Å². The van der Waals surface area contributed by atoms with E-state index in [1.165, 1.54) is 17.3 Å². The molecular formula is C24H27N5O4S. The largest absolute Gasteiger partial charge is 0.454 e. The fourth-order valence-electron chi connectivity index (χ4n) is 3.45. The Bertz CT molecular complexity index is 1180. The highest BCUT2D eigenvalue weighted by atomic mass is 32.2. The number of benzene rings is 2. The van der Waals surface area contributed by atoms with E-state index in [0.29, 0.717) is 40.5 Å². The summed E-state index contributed by atoms with van der Waals surface area (Å²) in [6, 6.07) is 12.9. The molecule has 0 saturated heterocycles. The van der Waals surface area contributed by atoms with Crippen LogP contribution in [-0.2, 0) is 17.9 Å². The van der Waals surface area contributed by atoms with Gasteiger partial charge in [0.25, 0.3) is 5.91 Å². The Morgan fingerprint density at radius 1 is 1.09 bits per heavy atom. The number of aromatic nitrogens is 3. The molecule has 0 bridgehead atoms. The van der Waals surface area contributed by atoms with E-state index in [9.17, 15) is 9.59 Å². The summed E-state index contributed by atoms with van der Waals surface area (Å²) >= 11 is 1.31. The molecule has 0 saturated carbocycles. The Morgan fingerprint density at radius 2 is 1.85 bits per heavy atom. The minimum Gasteiger partial charge on any atom is -0.454 e. The van der Waals surface area contributed by atoms with E-state index < -0.39 is 0 Å². The third-order valence-corrected chi connectivity index (χ3v) is 6.31. The van der Waals surface area contributed by atoms with Crippen molar-refractivity contribution in [2.45, 2.75) is 44.9 Å². The monoisotopic (exact) mass is 481 g/mol. The summed E-state index contributed by atoms with van der Waals surface area (Å²) < 4.78 is 12.5. The second kappa shape index (κ2) is 10.6. The van der Waals surface area contributed by atoms with Crippen LogP contribution in [0, 0.1) is 0 Å². The number of rotatable bonds is 9. The Hall–Kier alpha value is -3.53. The van der Waals surface area contributed by atoms with Crippen LogP contribution >= 0.6 is 11.8 Å². The zero-order chi connectivity index (χ0) is 24.1. The highest BCUT2D eigenvalue weighted by molar-refractivity contribution is 7.99. The number of nitrogens with one attached hydrogen (secondary N) is 2. The lowest BCUT2D eigenvalue weighted by atomic mass is 10.0. The topological polar surface area (TPSA) is 107 Å². The lowest BCUT2D eigenvalue weighted by Crippen LogP contribution is -2.24. The zero-order valence-electron chi connectivity index (χ0n) is 19.3. The van der Waals surface area contributed by atoms with Crippen molar-refractivity contribution >= 4 is 29.3 Å². The first-order valence-corrected chi connectivity index (χ1v) is 12.1. The van der Waals surface area contributed by atoms with Gasteiger partial charge >= 0.3 is 0 Å². The van der Waals surface area contributed by atoms with Gasteiger partial charge in [-0.25, -0.2) is 0 Å². The van der Waals surface area contributed by atoms with Crippen molar-refractivity contribution < 1.29 is 19.1 Å². The van der Waals surface area contributed by atoms with Crippen molar-refractivity contribution in [1.82, 2.24) is 20.1 Å². The smallest absolute Gasteiger partial charge is 0.251 e. The lowest BCUT2D eigenvalue weighted by molar-refractivity contribution is -0.113. The first-order chi connectivity index (χ1) is 16.4. The summed E-state index contributed by atoms with van der Waals surface area (Å²) in [7, 11) is 0. The molecule has 0 radical (unpaired) electrons. The lowest BCUT2D eigenvalue weighted by Gasteiger charge is -2.10. The molecule has 2 aromatic carbocycles. The number of carbonyl (C=O) groups excluding carboxylic acids is 2. The van der Waals surface area contributed by atoms with E-state index in [2.05, 4.69) is 34.7 Å². The molecule has 9 nitrogen and oxygen atoms in total.